The van der Waals surface area contributed by atoms with Crippen LogP contribution in [-0.2, 0) is 4.74 Å². The van der Waals surface area contributed by atoms with Crippen molar-refractivity contribution in [2.24, 2.45) is 0 Å². The van der Waals surface area contributed by atoms with Crippen LogP contribution in [-0.4, -0.2) is 56.5 Å². The molecule has 2 saturated heterocycles. The summed E-state index contributed by atoms with van der Waals surface area (Å²) in [4.78, 5) is 16.3. The molecule has 0 radical (unpaired) electrons. The van der Waals surface area contributed by atoms with Crippen LogP contribution in [0.5, 0.6) is 11.5 Å². The summed E-state index contributed by atoms with van der Waals surface area (Å²) in [6.07, 6.45) is 2.42. The minimum absolute atomic E-state index is 0.104. The van der Waals surface area contributed by atoms with Crippen LogP contribution < -0.4 is 14.4 Å². The Morgan fingerprint density at radius 1 is 1.03 bits per heavy atom. The largest absolute Gasteiger partial charge is 0.497 e. The van der Waals surface area contributed by atoms with E-state index in [-0.39, 0.29) is 24.1 Å². The van der Waals surface area contributed by atoms with Crippen LogP contribution in [0, 0.1) is 5.82 Å². The molecule has 0 N–H and O–H groups in total. The Labute approximate surface area is 176 Å². The molecule has 2 aromatic rings. The molecule has 4 rings (SSSR count). The highest BCUT2D eigenvalue weighted by Crippen LogP contribution is 2.26. The zero-order chi connectivity index (χ0) is 20.9. The molecule has 6 nitrogen and oxygen atoms in total. The monoisotopic (exact) mass is 414 g/mol. The normalized spacial score (nSPS) is 20.3. The Bertz CT molecular complexity index is 835. The van der Waals surface area contributed by atoms with Crippen molar-refractivity contribution < 1.29 is 23.4 Å². The average Bonchev–Trinajstić information content (AvgIpc) is 3.15. The molecule has 1 amide bonds. The van der Waals surface area contributed by atoms with Gasteiger partial charge in [-0.3, -0.25) is 4.90 Å². The van der Waals surface area contributed by atoms with E-state index < -0.39 is 0 Å². The van der Waals surface area contributed by atoms with Gasteiger partial charge in [0.05, 0.1) is 13.7 Å². The van der Waals surface area contributed by atoms with Crippen LogP contribution in [0.2, 0.25) is 0 Å². The number of halogens is 1. The quantitative estimate of drug-likeness (QED) is 0.683. The second-order valence-electron chi connectivity index (χ2n) is 7.72. The number of piperidine rings is 1. The van der Waals surface area contributed by atoms with Gasteiger partial charge in [0.25, 0.3) is 0 Å². The fourth-order valence-corrected chi connectivity index (χ4v) is 3.93. The van der Waals surface area contributed by atoms with Crippen molar-refractivity contribution >= 4 is 11.8 Å². The number of benzene rings is 2. The fraction of sp³-hybridized carbons (Fsp3) is 0.435. The SMILES string of the molecule is COc1ccc(N2CC(CCN3CCC(Oc4ccc(F)cc4)CC3)OC2=O)cc1. The van der Waals surface area contributed by atoms with Crippen molar-refractivity contribution in [2.75, 3.05) is 38.2 Å². The zero-order valence-corrected chi connectivity index (χ0v) is 17.1. The summed E-state index contributed by atoms with van der Waals surface area (Å²) in [6, 6.07) is 13.6. The van der Waals surface area contributed by atoms with E-state index in [1.165, 1.54) is 12.1 Å². The van der Waals surface area contributed by atoms with Crippen molar-refractivity contribution in [1.82, 2.24) is 4.90 Å². The Morgan fingerprint density at radius 3 is 2.37 bits per heavy atom. The van der Waals surface area contributed by atoms with E-state index in [0.29, 0.717) is 12.3 Å². The molecule has 2 aliphatic rings. The van der Waals surface area contributed by atoms with Gasteiger partial charge in [0.2, 0.25) is 0 Å². The summed E-state index contributed by atoms with van der Waals surface area (Å²) >= 11 is 0. The van der Waals surface area contributed by atoms with Gasteiger partial charge in [0, 0.05) is 25.3 Å². The van der Waals surface area contributed by atoms with Gasteiger partial charge in [-0.2, -0.15) is 0 Å². The zero-order valence-electron chi connectivity index (χ0n) is 17.1. The minimum Gasteiger partial charge on any atom is -0.497 e. The summed E-state index contributed by atoms with van der Waals surface area (Å²) in [7, 11) is 1.62. The third-order valence-corrected chi connectivity index (χ3v) is 5.68. The summed E-state index contributed by atoms with van der Waals surface area (Å²) in [6.45, 7) is 3.33. The number of carbonyl (C=O) groups excluding carboxylic acids is 1. The van der Waals surface area contributed by atoms with E-state index in [9.17, 15) is 9.18 Å². The molecule has 0 aliphatic carbocycles. The lowest BCUT2D eigenvalue weighted by atomic mass is 10.1. The number of hydrogen-bond donors (Lipinski definition) is 0. The molecule has 1 atom stereocenters. The molecule has 0 saturated carbocycles. The summed E-state index contributed by atoms with van der Waals surface area (Å²) in [5.41, 5.74) is 0.821. The molecule has 7 heteroatoms. The number of rotatable bonds is 7. The molecular formula is C23H27FN2O4. The number of cyclic esters (lactones) is 1. The number of methoxy groups -OCH3 is 1. The van der Waals surface area contributed by atoms with Crippen molar-refractivity contribution in [2.45, 2.75) is 31.5 Å². The Kier molecular flexibility index (Phi) is 6.38. The number of hydrogen-bond acceptors (Lipinski definition) is 5. The van der Waals surface area contributed by atoms with Gasteiger partial charge < -0.3 is 19.1 Å². The summed E-state index contributed by atoms with van der Waals surface area (Å²) < 4.78 is 29.7. The molecular weight excluding hydrogens is 387 g/mol. The van der Waals surface area contributed by atoms with Crippen LogP contribution in [0.15, 0.2) is 48.5 Å². The average molecular weight is 414 g/mol. The molecule has 2 aliphatic heterocycles. The molecule has 0 spiro atoms. The lowest BCUT2D eigenvalue weighted by Crippen LogP contribution is -2.39. The number of anilines is 1. The van der Waals surface area contributed by atoms with E-state index in [4.69, 9.17) is 14.2 Å². The fourth-order valence-electron chi connectivity index (χ4n) is 3.93. The summed E-state index contributed by atoms with van der Waals surface area (Å²) in [5, 5.41) is 0. The predicted molar refractivity (Wildman–Crippen MR) is 112 cm³/mol. The number of amides is 1. The highest BCUT2D eigenvalue weighted by molar-refractivity contribution is 5.89. The first-order chi connectivity index (χ1) is 14.6. The van der Waals surface area contributed by atoms with E-state index in [2.05, 4.69) is 4.90 Å². The summed E-state index contributed by atoms with van der Waals surface area (Å²) in [5.74, 6) is 1.22. The second kappa shape index (κ2) is 9.34. The van der Waals surface area contributed by atoms with Crippen molar-refractivity contribution in [3.8, 4) is 11.5 Å². The van der Waals surface area contributed by atoms with Crippen LogP contribution >= 0.6 is 0 Å². The van der Waals surface area contributed by atoms with Crippen molar-refractivity contribution in [1.29, 1.82) is 0 Å². The number of nitrogens with zero attached hydrogens (tertiary/aromatic N) is 2. The Morgan fingerprint density at radius 2 is 1.70 bits per heavy atom. The van der Waals surface area contributed by atoms with Crippen molar-refractivity contribution in [3.63, 3.8) is 0 Å². The Hall–Kier alpha value is -2.80. The predicted octanol–water partition coefficient (Wildman–Crippen LogP) is 4.09. The first kappa shape index (κ1) is 20.5. The highest BCUT2D eigenvalue weighted by Gasteiger charge is 2.32. The maximum absolute atomic E-state index is 13.0. The van der Waals surface area contributed by atoms with Gasteiger partial charge in [-0.05, 0) is 67.8 Å². The number of carbonyl (C=O) groups is 1. The smallest absolute Gasteiger partial charge is 0.414 e. The Balaban J connectivity index is 1.20. The standard InChI is InChI=1S/C23H27FN2O4/c1-28-19-8-4-18(5-9-19)26-16-22(30-23(26)27)12-15-25-13-10-21(11-14-25)29-20-6-2-17(24)3-7-20/h2-9,21-22H,10-16H2,1H3. The van der Waals surface area contributed by atoms with E-state index in [1.807, 2.05) is 24.3 Å². The first-order valence-corrected chi connectivity index (χ1v) is 10.4. The number of likely N-dealkylation sites (tertiary alicyclic amines) is 1. The molecule has 2 fully saturated rings. The third-order valence-electron chi connectivity index (χ3n) is 5.68. The van der Waals surface area contributed by atoms with E-state index in [0.717, 1.165) is 50.3 Å². The first-order valence-electron chi connectivity index (χ1n) is 10.4. The lowest BCUT2D eigenvalue weighted by Gasteiger charge is -2.32. The second-order valence-corrected chi connectivity index (χ2v) is 7.72. The molecule has 1 unspecified atom stereocenters. The molecule has 2 heterocycles. The maximum Gasteiger partial charge on any atom is 0.414 e. The molecule has 2 aromatic carbocycles. The van der Waals surface area contributed by atoms with Crippen LogP contribution in [0.4, 0.5) is 14.9 Å². The highest BCUT2D eigenvalue weighted by atomic mass is 19.1. The van der Waals surface area contributed by atoms with Gasteiger partial charge in [0.1, 0.15) is 29.5 Å². The molecule has 0 bridgehead atoms. The molecule has 160 valence electrons. The maximum atomic E-state index is 13.0. The van der Waals surface area contributed by atoms with Gasteiger partial charge in [0.15, 0.2) is 0 Å². The van der Waals surface area contributed by atoms with Crippen LogP contribution in [0.3, 0.4) is 0 Å². The van der Waals surface area contributed by atoms with Gasteiger partial charge in [-0.15, -0.1) is 0 Å². The third kappa shape index (κ3) is 5.02. The lowest BCUT2D eigenvalue weighted by molar-refractivity contribution is 0.0860. The van der Waals surface area contributed by atoms with Gasteiger partial charge >= 0.3 is 6.09 Å². The number of ether oxygens (including phenoxy) is 3. The molecule has 0 aromatic heterocycles. The minimum atomic E-state index is -0.295. The topological polar surface area (TPSA) is 51.2 Å². The van der Waals surface area contributed by atoms with Crippen LogP contribution in [0.1, 0.15) is 19.3 Å². The van der Waals surface area contributed by atoms with E-state index >= 15 is 0 Å². The van der Waals surface area contributed by atoms with Gasteiger partial charge in [-0.1, -0.05) is 0 Å². The van der Waals surface area contributed by atoms with E-state index in [1.54, 1.807) is 24.1 Å². The van der Waals surface area contributed by atoms with Gasteiger partial charge in [-0.25, -0.2) is 9.18 Å². The van der Waals surface area contributed by atoms with Crippen molar-refractivity contribution in [3.05, 3.63) is 54.3 Å². The molecule has 30 heavy (non-hydrogen) atoms. The van der Waals surface area contributed by atoms with Crippen LogP contribution in [0.25, 0.3) is 0 Å².